The van der Waals surface area contributed by atoms with Crippen LogP contribution in [-0.4, -0.2) is 48.3 Å². The Morgan fingerprint density at radius 2 is 1.74 bits per heavy atom. The van der Waals surface area contributed by atoms with Crippen LogP contribution in [-0.2, 0) is 14.4 Å². The van der Waals surface area contributed by atoms with Crippen LogP contribution in [0.2, 0.25) is 0 Å². The van der Waals surface area contributed by atoms with Crippen LogP contribution in [0.25, 0.3) is 0 Å². The van der Waals surface area contributed by atoms with Crippen molar-refractivity contribution in [3.05, 3.63) is 0 Å². The van der Waals surface area contributed by atoms with E-state index in [-0.39, 0.29) is 25.4 Å². The largest absolute Gasteiger partial charge is 0.368 e. The molecule has 0 spiro atoms. The van der Waals surface area contributed by atoms with Gasteiger partial charge in [0, 0.05) is 12.5 Å². The topological polar surface area (TPSA) is 119 Å². The normalized spacial score (nSPS) is 18.8. The van der Waals surface area contributed by atoms with E-state index in [0.717, 1.165) is 24.3 Å². The Balaban J connectivity index is 2.41. The summed E-state index contributed by atoms with van der Waals surface area (Å²) in [6.45, 7) is 0.449. The van der Waals surface area contributed by atoms with Crippen LogP contribution >= 0.6 is 0 Å². The minimum Gasteiger partial charge on any atom is -0.368 e. The van der Waals surface area contributed by atoms with Crippen LogP contribution in [0.1, 0.15) is 32.1 Å². The van der Waals surface area contributed by atoms with E-state index in [4.69, 9.17) is 11.5 Å². The molecule has 0 saturated carbocycles. The second-order valence-electron chi connectivity index (χ2n) is 4.87. The molecular weight excluding hydrogens is 248 g/mol. The highest BCUT2D eigenvalue weighted by Gasteiger charge is 2.20. The van der Waals surface area contributed by atoms with Gasteiger partial charge in [-0.3, -0.25) is 14.4 Å². The maximum Gasteiger partial charge on any atom is 0.237 e. The molecule has 0 aliphatic carbocycles. The van der Waals surface area contributed by atoms with Gasteiger partial charge in [0.2, 0.25) is 17.7 Å². The van der Waals surface area contributed by atoms with Crippen molar-refractivity contribution < 1.29 is 14.4 Å². The molecular formula is C12H22N4O3. The van der Waals surface area contributed by atoms with Crippen molar-refractivity contribution in [2.75, 3.05) is 19.6 Å². The first-order chi connectivity index (χ1) is 8.99. The number of rotatable bonds is 7. The fourth-order valence-electron chi connectivity index (χ4n) is 2.23. The molecule has 0 aromatic heterocycles. The lowest BCUT2D eigenvalue weighted by Gasteiger charge is -2.25. The van der Waals surface area contributed by atoms with Gasteiger partial charge < -0.3 is 21.7 Å². The van der Waals surface area contributed by atoms with Crippen molar-refractivity contribution in [1.82, 2.24) is 10.2 Å². The average molecular weight is 270 g/mol. The molecule has 1 aliphatic heterocycles. The molecule has 1 unspecified atom stereocenters. The predicted molar refractivity (Wildman–Crippen MR) is 69.8 cm³/mol. The molecule has 3 amide bonds. The fraction of sp³-hybridized carbons (Fsp3) is 0.750. The lowest BCUT2D eigenvalue weighted by atomic mass is 10.0. The molecule has 7 heteroatoms. The van der Waals surface area contributed by atoms with Gasteiger partial charge in [-0.05, 0) is 25.8 Å². The number of amides is 3. The maximum absolute atomic E-state index is 11.9. The zero-order chi connectivity index (χ0) is 14.3. The first-order valence-corrected chi connectivity index (χ1v) is 6.57. The molecule has 1 aliphatic rings. The summed E-state index contributed by atoms with van der Waals surface area (Å²) in [5.74, 6) is -1.55. The zero-order valence-electron chi connectivity index (χ0n) is 11.1. The van der Waals surface area contributed by atoms with Crippen molar-refractivity contribution >= 4 is 17.7 Å². The van der Waals surface area contributed by atoms with Gasteiger partial charge in [0.1, 0.15) is 0 Å². The minimum atomic E-state index is -0.648. The van der Waals surface area contributed by atoms with Crippen LogP contribution < -0.4 is 16.8 Å². The van der Waals surface area contributed by atoms with Gasteiger partial charge in [-0.15, -0.1) is 0 Å². The number of piperidine rings is 1. The summed E-state index contributed by atoms with van der Waals surface area (Å²) in [5, 5.41) is 3.34. The molecule has 0 bridgehead atoms. The smallest absolute Gasteiger partial charge is 0.237 e. The molecule has 1 rings (SSSR count). The molecule has 0 radical (unpaired) electrons. The van der Waals surface area contributed by atoms with E-state index in [2.05, 4.69) is 5.32 Å². The van der Waals surface area contributed by atoms with Gasteiger partial charge in [0.15, 0.2) is 0 Å². The van der Waals surface area contributed by atoms with Crippen LogP contribution in [0.15, 0.2) is 0 Å². The molecule has 19 heavy (non-hydrogen) atoms. The number of primary amides is 2. The van der Waals surface area contributed by atoms with Gasteiger partial charge in [0.05, 0.1) is 13.1 Å². The Hall–Kier alpha value is -1.63. The van der Waals surface area contributed by atoms with Crippen LogP contribution in [0.5, 0.6) is 0 Å². The van der Waals surface area contributed by atoms with E-state index < -0.39 is 11.8 Å². The van der Waals surface area contributed by atoms with E-state index >= 15 is 0 Å². The highest BCUT2D eigenvalue weighted by Crippen LogP contribution is 2.12. The minimum absolute atomic E-state index is 0.259. The number of nitrogens with zero attached hydrogens (tertiary/aromatic N) is 1. The number of carbonyl (C=O) groups excluding carboxylic acids is 3. The van der Waals surface area contributed by atoms with E-state index in [1.807, 2.05) is 0 Å². The van der Waals surface area contributed by atoms with Crippen molar-refractivity contribution in [1.29, 1.82) is 0 Å². The molecule has 1 saturated heterocycles. The molecule has 1 fully saturated rings. The van der Waals surface area contributed by atoms with E-state index in [0.29, 0.717) is 12.5 Å². The molecule has 1 atom stereocenters. The molecule has 0 aromatic rings. The highest BCUT2D eigenvalue weighted by atomic mass is 16.2. The SMILES string of the molecule is NC(=O)CN(CC(N)=O)C(=O)CCC1CCCCN1. The number of nitrogens with one attached hydrogen (secondary N) is 1. The van der Waals surface area contributed by atoms with Crippen molar-refractivity contribution in [3.63, 3.8) is 0 Å². The second kappa shape index (κ2) is 7.73. The third-order valence-corrected chi connectivity index (χ3v) is 3.17. The second-order valence-corrected chi connectivity index (χ2v) is 4.87. The summed E-state index contributed by atoms with van der Waals surface area (Å²) in [6.07, 6.45) is 4.38. The van der Waals surface area contributed by atoms with Crippen molar-refractivity contribution in [2.24, 2.45) is 11.5 Å². The summed E-state index contributed by atoms with van der Waals surface area (Å²) in [7, 11) is 0. The Morgan fingerprint density at radius 3 is 2.21 bits per heavy atom. The molecule has 7 nitrogen and oxygen atoms in total. The van der Waals surface area contributed by atoms with Crippen LogP contribution in [0, 0.1) is 0 Å². The molecule has 108 valence electrons. The number of carbonyl (C=O) groups is 3. The van der Waals surface area contributed by atoms with E-state index in [9.17, 15) is 14.4 Å². The lowest BCUT2D eigenvalue weighted by molar-refractivity contribution is -0.138. The van der Waals surface area contributed by atoms with Gasteiger partial charge >= 0.3 is 0 Å². The van der Waals surface area contributed by atoms with Gasteiger partial charge in [-0.25, -0.2) is 0 Å². The van der Waals surface area contributed by atoms with Crippen LogP contribution in [0.3, 0.4) is 0 Å². The Bertz CT molecular complexity index is 324. The van der Waals surface area contributed by atoms with Gasteiger partial charge in [-0.1, -0.05) is 6.42 Å². The Morgan fingerprint density at radius 1 is 1.11 bits per heavy atom. The third kappa shape index (κ3) is 6.19. The first kappa shape index (κ1) is 15.4. The van der Waals surface area contributed by atoms with Crippen molar-refractivity contribution in [2.45, 2.75) is 38.1 Å². The van der Waals surface area contributed by atoms with Crippen molar-refractivity contribution in [3.8, 4) is 0 Å². The molecule has 0 aromatic carbocycles. The molecule has 1 heterocycles. The number of hydrogen-bond donors (Lipinski definition) is 3. The van der Waals surface area contributed by atoms with Crippen LogP contribution in [0.4, 0.5) is 0 Å². The van der Waals surface area contributed by atoms with Gasteiger partial charge in [0.25, 0.3) is 0 Å². The molecule has 5 N–H and O–H groups in total. The maximum atomic E-state index is 11.9. The highest BCUT2D eigenvalue weighted by molar-refractivity contribution is 5.88. The van der Waals surface area contributed by atoms with Gasteiger partial charge in [-0.2, -0.15) is 0 Å². The monoisotopic (exact) mass is 270 g/mol. The Kier molecular flexibility index (Phi) is 6.27. The lowest BCUT2D eigenvalue weighted by Crippen LogP contribution is -2.44. The standard InChI is InChI=1S/C12H22N4O3/c13-10(17)7-16(8-11(14)18)12(19)5-4-9-3-1-2-6-15-9/h9,15H,1-8H2,(H2,13,17)(H2,14,18). The number of hydrogen-bond acceptors (Lipinski definition) is 4. The zero-order valence-corrected chi connectivity index (χ0v) is 11.1. The fourth-order valence-corrected chi connectivity index (χ4v) is 2.23. The summed E-state index contributed by atoms with van der Waals surface area (Å²) in [6, 6.07) is 0.335. The third-order valence-electron chi connectivity index (χ3n) is 3.17. The summed E-state index contributed by atoms with van der Waals surface area (Å²) >= 11 is 0. The average Bonchev–Trinajstić information content (AvgIpc) is 2.35. The number of nitrogens with two attached hydrogens (primary N) is 2. The predicted octanol–water partition coefficient (Wildman–Crippen LogP) is -1.29. The summed E-state index contributed by atoms with van der Waals surface area (Å²) < 4.78 is 0. The van der Waals surface area contributed by atoms with E-state index in [1.54, 1.807) is 0 Å². The summed E-state index contributed by atoms with van der Waals surface area (Å²) in [5.41, 5.74) is 10.1. The Labute approximate surface area is 112 Å². The quantitative estimate of drug-likeness (QED) is 0.533. The summed E-state index contributed by atoms with van der Waals surface area (Å²) in [4.78, 5) is 34.8. The van der Waals surface area contributed by atoms with E-state index in [1.165, 1.54) is 6.42 Å². The first-order valence-electron chi connectivity index (χ1n) is 6.57.